The summed E-state index contributed by atoms with van der Waals surface area (Å²) < 4.78 is 53.1. The number of carbonyl (C=O) groups excluding carboxylic acids is 1. The van der Waals surface area contributed by atoms with Gasteiger partial charge in [-0.2, -0.15) is 13.2 Å². The number of benzene rings is 1. The van der Waals surface area contributed by atoms with Gasteiger partial charge >= 0.3 is 6.18 Å². The molecule has 2 heterocycles. The Labute approximate surface area is 167 Å². The number of anilines is 1. The molecule has 1 amide bonds. The maximum atomic E-state index is 13.9. The highest BCUT2D eigenvalue weighted by Crippen LogP contribution is 2.44. The smallest absolute Gasteiger partial charge is 0.393 e. The third-order valence-electron chi connectivity index (χ3n) is 6.80. The van der Waals surface area contributed by atoms with Gasteiger partial charge in [0.1, 0.15) is 5.82 Å². The molecule has 1 unspecified atom stereocenters. The number of carbonyl (C=O) groups is 1. The average molecular weight is 414 g/mol. The van der Waals surface area contributed by atoms with Crippen molar-refractivity contribution in [3.8, 4) is 0 Å². The van der Waals surface area contributed by atoms with Crippen LogP contribution in [-0.4, -0.2) is 47.7 Å². The first-order valence-electron chi connectivity index (χ1n) is 10.3. The molecule has 1 aromatic rings. The number of hydrogen-bond acceptors (Lipinski definition) is 3. The molecule has 8 heteroatoms. The van der Waals surface area contributed by atoms with Crippen LogP contribution >= 0.6 is 0 Å². The van der Waals surface area contributed by atoms with E-state index in [4.69, 9.17) is 0 Å². The molecule has 0 radical (unpaired) electrons. The summed E-state index contributed by atoms with van der Waals surface area (Å²) in [6.07, 6.45) is 0.0966. The van der Waals surface area contributed by atoms with Crippen LogP contribution in [0.4, 0.5) is 23.2 Å². The summed E-state index contributed by atoms with van der Waals surface area (Å²) in [4.78, 5) is 17.0. The van der Waals surface area contributed by atoms with Crippen molar-refractivity contribution in [2.75, 3.05) is 24.5 Å². The maximum Gasteiger partial charge on any atom is 0.416 e. The Kier molecular flexibility index (Phi) is 5.25. The van der Waals surface area contributed by atoms with E-state index in [0.717, 1.165) is 25.0 Å². The van der Waals surface area contributed by atoms with E-state index in [1.54, 1.807) is 4.90 Å². The minimum atomic E-state index is -4.62. The van der Waals surface area contributed by atoms with Crippen LogP contribution in [0.3, 0.4) is 0 Å². The Morgan fingerprint density at radius 2 is 1.76 bits per heavy atom. The number of piperidine rings is 1. The van der Waals surface area contributed by atoms with Crippen molar-refractivity contribution in [1.29, 1.82) is 0 Å². The van der Waals surface area contributed by atoms with Crippen LogP contribution in [0.5, 0.6) is 0 Å². The molecule has 1 aliphatic carbocycles. The highest BCUT2D eigenvalue weighted by molar-refractivity contribution is 5.86. The molecule has 1 N–H and O–H groups in total. The first-order valence-corrected chi connectivity index (χ1v) is 10.3. The van der Waals surface area contributed by atoms with E-state index in [-0.39, 0.29) is 23.7 Å². The molecule has 1 spiro atoms. The summed E-state index contributed by atoms with van der Waals surface area (Å²) in [5, 5.41) is 9.72. The van der Waals surface area contributed by atoms with Gasteiger partial charge in [0.2, 0.25) is 5.91 Å². The molecule has 29 heavy (non-hydrogen) atoms. The van der Waals surface area contributed by atoms with Crippen molar-refractivity contribution in [1.82, 2.24) is 4.90 Å². The van der Waals surface area contributed by atoms with Gasteiger partial charge in [-0.05, 0) is 63.1 Å². The first kappa shape index (κ1) is 20.4. The molecule has 1 aromatic carbocycles. The minimum absolute atomic E-state index is 0.0658. The second kappa shape index (κ2) is 7.45. The summed E-state index contributed by atoms with van der Waals surface area (Å²) >= 11 is 0. The Hall–Kier alpha value is -1.83. The quantitative estimate of drug-likeness (QED) is 0.745. The van der Waals surface area contributed by atoms with Crippen LogP contribution in [0.2, 0.25) is 0 Å². The van der Waals surface area contributed by atoms with Gasteiger partial charge in [0.15, 0.2) is 0 Å². The van der Waals surface area contributed by atoms with Crippen molar-refractivity contribution in [3.05, 3.63) is 29.6 Å². The van der Waals surface area contributed by atoms with Gasteiger partial charge < -0.3 is 14.9 Å². The third-order valence-corrected chi connectivity index (χ3v) is 6.80. The van der Waals surface area contributed by atoms with E-state index < -0.39 is 23.0 Å². The topological polar surface area (TPSA) is 43.8 Å². The predicted octanol–water partition coefficient (Wildman–Crippen LogP) is 3.97. The van der Waals surface area contributed by atoms with Crippen LogP contribution in [-0.2, 0) is 11.0 Å². The van der Waals surface area contributed by atoms with Gasteiger partial charge in [-0.3, -0.25) is 4.79 Å². The van der Waals surface area contributed by atoms with Gasteiger partial charge in [-0.1, -0.05) is 0 Å². The summed E-state index contributed by atoms with van der Waals surface area (Å²) in [7, 11) is 0. The van der Waals surface area contributed by atoms with E-state index in [1.165, 1.54) is 0 Å². The van der Waals surface area contributed by atoms with Crippen molar-refractivity contribution in [2.45, 2.75) is 63.3 Å². The zero-order valence-corrected chi connectivity index (χ0v) is 16.2. The highest BCUT2D eigenvalue weighted by Gasteiger charge is 2.50. The molecule has 3 fully saturated rings. The SMILES string of the molecule is O=C1N([C@H]2CC[C@H](O)CC2)CCC12CCCN(c1cc(F)cc(C(F)(F)F)c1)C2. The molecular formula is C21H26F4N2O2. The lowest BCUT2D eigenvalue weighted by Crippen LogP contribution is -2.50. The van der Waals surface area contributed by atoms with Crippen LogP contribution in [0.15, 0.2) is 18.2 Å². The van der Waals surface area contributed by atoms with Crippen molar-refractivity contribution < 1.29 is 27.5 Å². The monoisotopic (exact) mass is 414 g/mol. The van der Waals surface area contributed by atoms with E-state index in [9.17, 15) is 27.5 Å². The lowest BCUT2D eigenvalue weighted by Gasteiger charge is -2.41. The van der Waals surface area contributed by atoms with Crippen molar-refractivity contribution >= 4 is 11.6 Å². The van der Waals surface area contributed by atoms with Gasteiger partial charge in [-0.15, -0.1) is 0 Å². The number of aliphatic hydroxyl groups excluding tert-OH is 1. The summed E-state index contributed by atoms with van der Waals surface area (Å²) in [6.45, 7) is 1.47. The summed E-state index contributed by atoms with van der Waals surface area (Å²) in [6, 6.07) is 2.73. The van der Waals surface area contributed by atoms with Crippen LogP contribution in [0.1, 0.15) is 50.5 Å². The number of amides is 1. The number of likely N-dealkylation sites (tertiary alicyclic amines) is 1. The van der Waals surface area contributed by atoms with E-state index in [0.29, 0.717) is 57.8 Å². The average Bonchev–Trinajstić information content (AvgIpc) is 2.97. The van der Waals surface area contributed by atoms with Crippen LogP contribution in [0, 0.1) is 11.2 Å². The fourth-order valence-electron chi connectivity index (χ4n) is 5.22. The van der Waals surface area contributed by atoms with Crippen LogP contribution in [0.25, 0.3) is 0 Å². The number of hydrogen-bond donors (Lipinski definition) is 1. The molecular weight excluding hydrogens is 388 g/mol. The fourth-order valence-corrected chi connectivity index (χ4v) is 5.22. The second-order valence-corrected chi connectivity index (χ2v) is 8.71. The number of nitrogens with zero attached hydrogens (tertiary/aromatic N) is 2. The van der Waals surface area contributed by atoms with Crippen molar-refractivity contribution in [3.63, 3.8) is 0 Å². The van der Waals surface area contributed by atoms with E-state index in [1.807, 2.05) is 4.90 Å². The van der Waals surface area contributed by atoms with E-state index in [2.05, 4.69) is 0 Å². The zero-order valence-electron chi connectivity index (χ0n) is 16.2. The van der Waals surface area contributed by atoms with Gasteiger partial charge in [0, 0.05) is 31.4 Å². The number of alkyl halides is 3. The summed E-state index contributed by atoms with van der Waals surface area (Å²) in [5.74, 6) is -0.856. The van der Waals surface area contributed by atoms with Crippen LogP contribution < -0.4 is 4.90 Å². The molecule has 0 aromatic heterocycles. The standard InChI is InChI=1S/C21H26F4N2O2/c22-15-10-14(21(23,24)25)11-17(12-15)26-8-1-6-20(13-26)7-9-27(19(20)29)16-2-4-18(28)5-3-16/h10-12,16,18,28H,1-9,13H2/t16-,18-,20?. The normalized spacial score (nSPS) is 31.0. The molecule has 3 aliphatic rings. The third kappa shape index (κ3) is 3.96. The lowest BCUT2D eigenvalue weighted by molar-refractivity contribution is -0.139. The Balaban J connectivity index is 1.53. The molecule has 1 saturated carbocycles. The Bertz CT molecular complexity index is 776. The zero-order chi connectivity index (χ0) is 20.8. The molecule has 4 nitrogen and oxygen atoms in total. The molecule has 0 bridgehead atoms. The predicted molar refractivity (Wildman–Crippen MR) is 99.9 cm³/mol. The molecule has 2 saturated heterocycles. The molecule has 1 atom stereocenters. The molecule has 2 aliphatic heterocycles. The first-order chi connectivity index (χ1) is 13.7. The van der Waals surface area contributed by atoms with E-state index >= 15 is 0 Å². The fraction of sp³-hybridized carbons (Fsp3) is 0.667. The number of halogens is 4. The highest BCUT2D eigenvalue weighted by atomic mass is 19.4. The largest absolute Gasteiger partial charge is 0.416 e. The minimum Gasteiger partial charge on any atom is -0.393 e. The number of aliphatic hydroxyl groups is 1. The maximum absolute atomic E-state index is 13.9. The number of rotatable bonds is 2. The lowest BCUT2D eigenvalue weighted by atomic mass is 9.78. The molecule has 4 rings (SSSR count). The molecule has 160 valence electrons. The summed E-state index contributed by atoms with van der Waals surface area (Å²) in [5.41, 5.74) is -1.44. The Morgan fingerprint density at radius 1 is 1.03 bits per heavy atom. The van der Waals surface area contributed by atoms with Crippen molar-refractivity contribution in [2.24, 2.45) is 5.41 Å². The van der Waals surface area contributed by atoms with Gasteiger partial charge in [-0.25, -0.2) is 4.39 Å². The second-order valence-electron chi connectivity index (χ2n) is 8.71. The van der Waals surface area contributed by atoms with Gasteiger partial charge in [0.25, 0.3) is 0 Å². The Morgan fingerprint density at radius 3 is 2.45 bits per heavy atom. The van der Waals surface area contributed by atoms with Gasteiger partial charge in [0.05, 0.1) is 17.1 Å².